The molecule has 1 amide bonds. The third-order valence-electron chi connectivity index (χ3n) is 5.67. The second kappa shape index (κ2) is 11.6. The van der Waals surface area contributed by atoms with Crippen LogP contribution in [0.1, 0.15) is 44.4 Å². The molecule has 0 atom stereocenters. The van der Waals surface area contributed by atoms with Crippen molar-refractivity contribution in [2.75, 3.05) is 19.8 Å². The molecule has 0 unspecified atom stereocenters. The number of carbonyl (C=O) groups excluding carboxylic acids is 1. The third-order valence-corrected chi connectivity index (χ3v) is 6.88. The number of nitrogens with one attached hydrogen (secondary N) is 1. The molecule has 0 spiro atoms. The van der Waals surface area contributed by atoms with Gasteiger partial charge in [0.05, 0.1) is 12.2 Å². The number of amidine groups is 2. The Labute approximate surface area is 221 Å². The van der Waals surface area contributed by atoms with Crippen molar-refractivity contribution in [2.45, 2.75) is 41.0 Å². The Bertz CT molecular complexity index is 1300. The van der Waals surface area contributed by atoms with E-state index in [9.17, 15) is 4.79 Å². The molecule has 9 heteroatoms. The van der Waals surface area contributed by atoms with Crippen LogP contribution in [-0.2, 0) is 11.2 Å². The van der Waals surface area contributed by atoms with Gasteiger partial charge in [0.15, 0.2) is 17.3 Å². The van der Waals surface area contributed by atoms with Gasteiger partial charge in [-0.2, -0.15) is 15.1 Å². The van der Waals surface area contributed by atoms with Crippen LogP contribution in [0.2, 0.25) is 0 Å². The second-order valence-corrected chi connectivity index (χ2v) is 9.94. The molecular formula is C28H32N4O4S. The molecule has 8 nitrogen and oxygen atoms in total. The minimum atomic E-state index is -0.457. The summed E-state index contributed by atoms with van der Waals surface area (Å²) in [6.45, 7) is 11.3. The second-order valence-electron chi connectivity index (χ2n) is 8.96. The van der Waals surface area contributed by atoms with Crippen LogP contribution in [-0.4, -0.2) is 46.8 Å². The summed E-state index contributed by atoms with van der Waals surface area (Å²) in [4.78, 5) is 16.8. The van der Waals surface area contributed by atoms with Crippen molar-refractivity contribution >= 4 is 39.8 Å². The number of aliphatic imine (C=N–C) groups is 1. The van der Waals surface area contributed by atoms with Crippen molar-refractivity contribution in [3.05, 3.63) is 58.7 Å². The number of aryl methyl sites for hydroxylation is 2. The highest BCUT2D eigenvalue weighted by atomic mass is 32.2. The van der Waals surface area contributed by atoms with Gasteiger partial charge in [-0.25, -0.2) is 0 Å². The van der Waals surface area contributed by atoms with E-state index < -0.39 is 5.91 Å². The van der Waals surface area contributed by atoms with Gasteiger partial charge in [-0.3, -0.25) is 10.2 Å². The summed E-state index contributed by atoms with van der Waals surface area (Å²) in [5, 5.41) is 15.7. The van der Waals surface area contributed by atoms with E-state index >= 15 is 0 Å². The zero-order valence-corrected chi connectivity index (χ0v) is 22.6. The van der Waals surface area contributed by atoms with Crippen LogP contribution in [0.4, 0.5) is 0 Å². The summed E-state index contributed by atoms with van der Waals surface area (Å²) in [6, 6.07) is 11.6. The maximum absolute atomic E-state index is 12.7. The number of hydrazone groups is 1. The highest BCUT2D eigenvalue weighted by Crippen LogP contribution is 2.33. The van der Waals surface area contributed by atoms with Crippen LogP contribution in [0.15, 0.2) is 52.1 Å². The van der Waals surface area contributed by atoms with E-state index in [4.69, 9.17) is 19.6 Å². The largest absolute Gasteiger partial charge is 0.490 e. The van der Waals surface area contributed by atoms with Crippen LogP contribution in [0, 0.1) is 18.3 Å². The molecule has 37 heavy (non-hydrogen) atoms. The number of fused-ring (bicyclic) bond motifs is 1. The van der Waals surface area contributed by atoms with E-state index in [0.717, 1.165) is 17.2 Å². The number of benzene rings is 2. The highest BCUT2D eigenvalue weighted by Gasteiger charge is 2.36. The summed E-state index contributed by atoms with van der Waals surface area (Å²) in [6.07, 6.45) is 2.59. The standard InChI is InChI=1S/C28H32N4O4S/c1-6-19-12-18(5)13-21(14-19)35-10-11-36-23-9-8-20(16-24(23)34-7-2)15-22-25(29)32-28(30-26(22)33)37-27(31-32)17(3)4/h8-9,12-17,29H,6-7,10-11H2,1-5H3/b22-15-,29-25?. The molecule has 0 radical (unpaired) electrons. The smallest absolute Gasteiger partial charge is 0.283 e. The fourth-order valence-electron chi connectivity index (χ4n) is 3.83. The number of nitrogens with zero attached hydrogens (tertiary/aromatic N) is 3. The SMILES string of the molecule is CCOc1cc(/C=C2/C(=N)N3N=C(C(C)C)SC3=NC2=O)ccc1OCCOc1cc(C)cc(CC)c1. The molecule has 194 valence electrons. The van der Waals surface area contributed by atoms with Gasteiger partial charge in [-0.05, 0) is 79.1 Å². The minimum absolute atomic E-state index is 0.0102. The maximum Gasteiger partial charge on any atom is 0.283 e. The van der Waals surface area contributed by atoms with Gasteiger partial charge < -0.3 is 14.2 Å². The molecule has 2 heterocycles. The van der Waals surface area contributed by atoms with Crippen LogP contribution in [0.3, 0.4) is 0 Å². The predicted octanol–water partition coefficient (Wildman–Crippen LogP) is 5.69. The van der Waals surface area contributed by atoms with Crippen LogP contribution in [0.5, 0.6) is 17.2 Å². The zero-order chi connectivity index (χ0) is 26.5. The number of hydrogen-bond acceptors (Lipinski definition) is 7. The Morgan fingerprint density at radius 2 is 1.84 bits per heavy atom. The molecule has 1 N–H and O–H groups in total. The number of hydrogen-bond donors (Lipinski definition) is 1. The van der Waals surface area contributed by atoms with Gasteiger partial charge in [-0.1, -0.05) is 32.9 Å². The highest BCUT2D eigenvalue weighted by molar-refractivity contribution is 8.27. The topological polar surface area (TPSA) is 96.6 Å². The van der Waals surface area contributed by atoms with Gasteiger partial charge in [0, 0.05) is 5.92 Å². The quantitative estimate of drug-likeness (QED) is 0.319. The van der Waals surface area contributed by atoms with Crippen molar-refractivity contribution in [1.82, 2.24) is 5.01 Å². The van der Waals surface area contributed by atoms with Crippen molar-refractivity contribution in [2.24, 2.45) is 16.0 Å². The molecule has 4 rings (SSSR count). The average molecular weight is 521 g/mol. The van der Waals surface area contributed by atoms with Gasteiger partial charge in [0.1, 0.15) is 24.0 Å². The van der Waals surface area contributed by atoms with Gasteiger partial charge in [0.2, 0.25) is 5.17 Å². The molecule has 0 aromatic heterocycles. The summed E-state index contributed by atoms with van der Waals surface area (Å²) in [5.74, 6) is 1.71. The fraction of sp³-hybridized carbons (Fsp3) is 0.357. The summed E-state index contributed by atoms with van der Waals surface area (Å²) in [7, 11) is 0. The van der Waals surface area contributed by atoms with Gasteiger partial charge in [-0.15, -0.1) is 0 Å². The lowest BCUT2D eigenvalue weighted by Gasteiger charge is -2.20. The summed E-state index contributed by atoms with van der Waals surface area (Å²) < 4.78 is 17.6. The molecule has 0 aliphatic carbocycles. The van der Waals surface area contributed by atoms with E-state index in [1.807, 2.05) is 39.0 Å². The third kappa shape index (κ3) is 6.22. The van der Waals surface area contributed by atoms with Crippen LogP contribution in [0.25, 0.3) is 6.08 Å². The Morgan fingerprint density at radius 1 is 1.05 bits per heavy atom. The maximum atomic E-state index is 12.7. The minimum Gasteiger partial charge on any atom is -0.490 e. The van der Waals surface area contributed by atoms with Crippen molar-refractivity contribution < 1.29 is 19.0 Å². The molecule has 2 aromatic rings. The van der Waals surface area contributed by atoms with Gasteiger partial charge >= 0.3 is 0 Å². The van der Waals surface area contributed by atoms with Crippen molar-refractivity contribution in [3.63, 3.8) is 0 Å². The Hall–Kier alpha value is -3.59. The molecule has 0 saturated heterocycles. The normalized spacial score (nSPS) is 16.2. The van der Waals surface area contributed by atoms with Crippen LogP contribution >= 0.6 is 11.8 Å². The Balaban J connectivity index is 1.46. The number of thioether (sulfide) groups is 1. The summed E-state index contributed by atoms with van der Waals surface area (Å²) >= 11 is 1.33. The lowest BCUT2D eigenvalue weighted by molar-refractivity contribution is -0.114. The average Bonchev–Trinajstić information content (AvgIpc) is 3.30. The monoisotopic (exact) mass is 520 g/mol. The fourth-order valence-corrected chi connectivity index (χ4v) is 4.72. The first-order valence-electron chi connectivity index (χ1n) is 12.4. The number of rotatable bonds is 10. The van der Waals surface area contributed by atoms with Crippen molar-refractivity contribution in [3.8, 4) is 17.2 Å². The first kappa shape index (κ1) is 26.5. The Morgan fingerprint density at radius 3 is 2.57 bits per heavy atom. The van der Waals surface area contributed by atoms with Crippen LogP contribution < -0.4 is 14.2 Å². The number of ether oxygens (including phenoxy) is 3. The van der Waals surface area contributed by atoms with Crippen molar-refractivity contribution in [1.29, 1.82) is 5.41 Å². The first-order chi connectivity index (χ1) is 17.8. The summed E-state index contributed by atoms with van der Waals surface area (Å²) in [5.41, 5.74) is 3.28. The lowest BCUT2D eigenvalue weighted by Crippen LogP contribution is -2.35. The van der Waals surface area contributed by atoms with Gasteiger partial charge in [0.25, 0.3) is 5.91 Å². The molecule has 2 aromatic carbocycles. The van der Waals surface area contributed by atoms with E-state index in [2.05, 4.69) is 30.0 Å². The van der Waals surface area contributed by atoms with E-state index in [1.165, 1.54) is 27.9 Å². The van der Waals surface area contributed by atoms with E-state index in [1.54, 1.807) is 18.2 Å². The molecular weight excluding hydrogens is 488 g/mol. The molecule has 0 fully saturated rings. The predicted molar refractivity (Wildman–Crippen MR) is 149 cm³/mol. The molecule has 0 saturated carbocycles. The Kier molecular flexibility index (Phi) is 8.33. The van der Waals surface area contributed by atoms with E-state index in [-0.39, 0.29) is 17.3 Å². The molecule has 2 aliphatic rings. The first-order valence-corrected chi connectivity index (χ1v) is 13.2. The number of amides is 1. The lowest BCUT2D eigenvalue weighted by atomic mass is 10.1. The zero-order valence-electron chi connectivity index (χ0n) is 21.8. The number of carbonyl (C=O) groups is 1. The molecule has 2 aliphatic heterocycles. The van der Waals surface area contributed by atoms with E-state index in [0.29, 0.717) is 42.1 Å². The molecule has 0 bridgehead atoms.